The number of benzene rings is 1. The Kier molecular flexibility index (Phi) is 5.68. The summed E-state index contributed by atoms with van der Waals surface area (Å²) in [6, 6.07) is 8.83. The third-order valence-corrected chi connectivity index (χ3v) is 3.07. The maximum absolute atomic E-state index is 11.9. The predicted molar refractivity (Wildman–Crippen MR) is 87.6 cm³/mol. The molecule has 1 amide bonds. The van der Waals surface area contributed by atoms with E-state index < -0.39 is 5.97 Å². The van der Waals surface area contributed by atoms with Crippen LogP contribution < -0.4 is 5.32 Å². The summed E-state index contributed by atoms with van der Waals surface area (Å²) in [7, 11) is 0. The number of nitrogens with one attached hydrogen (secondary N) is 1. The largest absolute Gasteiger partial charge is 0.461 e. The van der Waals surface area contributed by atoms with Crippen molar-refractivity contribution in [1.82, 2.24) is 9.78 Å². The molecule has 0 saturated heterocycles. The zero-order chi connectivity index (χ0) is 16.7. The second-order valence-electron chi connectivity index (χ2n) is 4.76. The van der Waals surface area contributed by atoms with Crippen LogP contribution in [-0.2, 0) is 9.53 Å². The van der Waals surface area contributed by atoms with Crippen molar-refractivity contribution in [2.24, 2.45) is 0 Å². The second kappa shape index (κ2) is 7.93. The van der Waals surface area contributed by atoms with Gasteiger partial charge in [-0.1, -0.05) is 18.2 Å². The van der Waals surface area contributed by atoms with Crippen LogP contribution in [0.4, 0.5) is 5.69 Å². The van der Waals surface area contributed by atoms with Gasteiger partial charge in [-0.25, -0.2) is 9.48 Å². The molecule has 0 atom stereocenters. The normalized spacial score (nSPS) is 10.1. The number of hydrogen-bond acceptors (Lipinski definition) is 4. The van der Waals surface area contributed by atoms with E-state index in [1.807, 2.05) is 18.2 Å². The van der Waals surface area contributed by atoms with E-state index in [4.69, 9.17) is 4.74 Å². The SMILES string of the molecule is C=CCCC(=O)Nc1ccccc1-n1ccc(C(=O)OCC)n1. The molecule has 6 heteroatoms. The lowest BCUT2D eigenvalue weighted by Crippen LogP contribution is -2.13. The van der Waals surface area contributed by atoms with E-state index in [0.29, 0.717) is 30.8 Å². The summed E-state index contributed by atoms with van der Waals surface area (Å²) in [5.41, 5.74) is 1.52. The maximum atomic E-state index is 11.9. The lowest BCUT2D eigenvalue weighted by molar-refractivity contribution is -0.116. The van der Waals surface area contributed by atoms with Gasteiger partial charge in [0.15, 0.2) is 5.69 Å². The van der Waals surface area contributed by atoms with Crippen molar-refractivity contribution in [2.75, 3.05) is 11.9 Å². The van der Waals surface area contributed by atoms with Gasteiger partial charge in [0, 0.05) is 12.6 Å². The molecule has 0 aliphatic heterocycles. The van der Waals surface area contributed by atoms with Gasteiger partial charge < -0.3 is 10.1 Å². The first kappa shape index (κ1) is 16.5. The van der Waals surface area contributed by atoms with Gasteiger partial charge in [0.25, 0.3) is 0 Å². The Morgan fingerprint density at radius 3 is 2.87 bits per heavy atom. The Labute approximate surface area is 134 Å². The fourth-order valence-electron chi connectivity index (χ4n) is 2.00. The van der Waals surface area contributed by atoms with E-state index >= 15 is 0 Å². The second-order valence-corrected chi connectivity index (χ2v) is 4.76. The lowest BCUT2D eigenvalue weighted by Gasteiger charge is -2.10. The van der Waals surface area contributed by atoms with Gasteiger partial charge in [-0.05, 0) is 31.5 Å². The summed E-state index contributed by atoms with van der Waals surface area (Å²) in [5.74, 6) is -0.575. The molecule has 1 heterocycles. The fourth-order valence-corrected chi connectivity index (χ4v) is 2.00. The van der Waals surface area contributed by atoms with E-state index in [9.17, 15) is 9.59 Å². The van der Waals surface area contributed by atoms with E-state index in [1.54, 1.807) is 31.3 Å². The first-order chi connectivity index (χ1) is 11.2. The molecule has 2 aromatic rings. The summed E-state index contributed by atoms with van der Waals surface area (Å²) in [4.78, 5) is 23.6. The first-order valence-corrected chi connectivity index (χ1v) is 7.38. The molecule has 0 bridgehead atoms. The number of para-hydroxylation sites is 2. The quantitative estimate of drug-likeness (QED) is 0.630. The minimum absolute atomic E-state index is 0.102. The molecule has 0 unspecified atom stereocenters. The highest BCUT2D eigenvalue weighted by Gasteiger charge is 2.13. The molecule has 1 aromatic heterocycles. The Morgan fingerprint density at radius 1 is 1.35 bits per heavy atom. The van der Waals surface area contributed by atoms with Gasteiger partial charge in [0.2, 0.25) is 5.91 Å². The highest BCUT2D eigenvalue weighted by Crippen LogP contribution is 2.20. The summed E-state index contributed by atoms with van der Waals surface area (Å²) in [6.45, 7) is 5.63. The standard InChI is InChI=1S/C17H19N3O3/c1-3-5-10-16(21)18-13-8-6-7-9-15(13)20-12-11-14(19-20)17(22)23-4-2/h3,6-9,11-12H,1,4-5,10H2,2H3,(H,18,21). The van der Waals surface area contributed by atoms with Gasteiger partial charge in [-0.3, -0.25) is 4.79 Å². The number of allylic oxidation sites excluding steroid dienone is 1. The molecule has 0 aliphatic carbocycles. The average Bonchev–Trinajstić information content (AvgIpc) is 3.03. The highest BCUT2D eigenvalue weighted by atomic mass is 16.5. The van der Waals surface area contributed by atoms with E-state index in [1.165, 1.54) is 4.68 Å². The van der Waals surface area contributed by atoms with Crippen LogP contribution in [0.1, 0.15) is 30.3 Å². The number of carbonyl (C=O) groups is 2. The lowest BCUT2D eigenvalue weighted by atomic mass is 10.2. The van der Waals surface area contributed by atoms with Gasteiger partial charge in [-0.2, -0.15) is 5.10 Å². The molecule has 1 aromatic carbocycles. The van der Waals surface area contributed by atoms with E-state index in [0.717, 1.165) is 0 Å². The van der Waals surface area contributed by atoms with Crippen molar-refractivity contribution in [3.63, 3.8) is 0 Å². The van der Waals surface area contributed by atoms with Crippen LogP contribution in [0.25, 0.3) is 5.69 Å². The molecular formula is C17H19N3O3. The van der Waals surface area contributed by atoms with Crippen LogP contribution in [-0.4, -0.2) is 28.3 Å². The molecule has 23 heavy (non-hydrogen) atoms. The minimum Gasteiger partial charge on any atom is -0.461 e. The molecule has 120 valence electrons. The molecular weight excluding hydrogens is 294 g/mol. The minimum atomic E-state index is -0.473. The van der Waals surface area contributed by atoms with Gasteiger partial charge >= 0.3 is 5.97 Å². The first-order valence-electron chi connectivity index (χ1n) is 7.38. The number of amides is 1. The van der Waals surface area contributed by atoms with E-state index in [2.05, 4.69) is 17.0 Å². The number of ether oxygens (including phenoxy) is 1. The number of hydrogen-bond donors (Lipinski definition) is 1. The smallest absolute Gasteiger partial charge is 0.358 e. The molecule has 6 nitrogen and oxygen atoms in total. The number of rotatable bonds is 7. The number of anilines is 1. The van der Waals surface area contributed by atoms with Crippen LogP contribution in [0.15, 0.2) is 49.2 Å². The Morgan fingerprint density at radius 2 is 2.13 bits per heavy atom. The molecule has 0 fully saturated rings. The van der Waals surface area contributed by atoms with Crippen LogP contribution in [0, 0.1) is 0 Å². The highest BCUT2D eigenvalue weighted by molar-refractivity contribution is 5.93. The zero-order valence-electron chi connectivity index (χ0n) is 13.0. The summed E-state index contributed by atoms with van der Waals surface area (Å²) in [6.07, 6.45) is 4.33. The Hall–Kier alpha value is -2.89. The monoisotopic (exact) mass is 313 g/mol. The molecule has 0 aliphatic rings. The topological polar surface area (TPSA) is 73.2 Å². The maximum Gasteiger partial charge on any atom is 0.358 e. The average molecular weight is 313 g/mol. The van der Waals surface area contributed by atoms with Crippen LogP contribution in [0.2, 0.25) is 0 Å². The van der Waals surface area contributed by atoms with Crippen LogP contribution >= 0.6 is 0 Å². The summed E-state index contributed by atoms with van der Waals surface area (Å²) in [5, 5.41) is 7.05. The number of aromatic nitrogens is 2. The molecule has 0 saturated carbocycles. The van der Waals surface area contributed by atoms with Gasteiger partial charge in [0.1, 0.15) is 0 Å². The third-order valence-electron chi connectivity index (χ3n) is 3.07. The summed E-state index contributed by atoms with van der Waals surface area (Å²) < 4.78 is 6.46. The Bertz CT molecular complexity index is 707. The van der Waals surface area contributed by atoms with Crippen molar-refractivity contribution < 1.29 is 14.3 Å². The van der Waals surface area contributed by atoms with Crippen molar-refractivity contribution in [1.29, 1.82) is 0 Å². The molecule has 2 rings (SSSR count). The number of carbonyl (C=O) groups excluding carboxylic acids is 2. The third kappa shape index (κ3) is 4.29. The Balaban J connectivity index is 2.21. The van der Waals surface area contributed by atoms with Crippen LogP contribution in [0.3, 0.4) is 0 Å². The van der Waals surface area contributed by atoms with Crippen molar-refractivity contribution in [2.45, 2.75) is 19.8 Å². The fraction of sp³-hybridized carbons (Fsp3) is 0.235. The zero-order valence-corrected chi connectivity index (χ0v) is 13.0. The predicted octanol–water partition coefficient (Wildman–Crippen LogP) is 2.95. The van der Waals surface area contributed by atoms with Gasteiger partial charge in [0.05, 0.1) is 18.0 Å². The number of esters is 1. The van der Waals surface area contributed by atoms with Crippen molar-refractivity contribution in [3.05, 3.63) is 54.9 Å². The number of nitrogens with zero attached hydrogens (tertiary/aromatic N) is 2. The van der Waals surface area contributed by atoms with Crippen LogP contribution in [0.5, 0.6) is 0 Å². The van der Waals surface area contributed by atoms with Gasteiger partial charge in [-0.15, -0.1) is 6.58 Å². The molecule has 1 N–H and O–H groups in total. The van der Waals surface area contributed by atoms with E-state index in [-0.39, 0.29) is 11.6 Å². The molecule has 0 radical (unpaired) electrons. The molecule has 0 spiro atoms. The van der Waals surface area contributed by atoms with Crippen molar-refractivity contribution >= 4 is 17.6 Å². The van der Waals surface area contributed by atoms with Crippen molar-refractivity contribution in [3.8, 4) is 5.69 Å². The summed E-state index contributed by atoms with van der Waals surface area (Å²) >= 11 is 0.